The first-order valence-corrected chi connectivity index (χ1v) is 8.90. The van der Waals surface area contributed by atoms with Gasteiger partial charge in [-0.2, -0.15) is 4.31 Å². The predicted octanol–water partition coefficient (Wildman–Crippen LogP) is 1.78. The van der Waals surface area contributed by atoms with Crippen LogP contribution in [0.1, 0.15) is 20.7 Å². The number of rotatable bonds is 2. The van der Waals surface area contributed by atoms with Crippen molar-refractivity contribution in [2.45, 2.75) is 4.90 Å². The third-order valence-corrected chi connectivity index (χ3v) is 6.39. The average molecular weight is 376 g/mol. The first kappa shape index (κ1) is 16.6. The van der Waals surface area contributed by atoms with E-state index in [4.69, 9.17) is 27.9 Å². The number of carbonyl (C=O) groups excluding carboxylic acids is 2. The number of fused-ring (bicyclic) bond motifs is 1. The van der Waals surface area contributed by atoms with Gasteiger partial charge in [0.15, 0.2) is 0 Å². The van der Waals surface area contributed by atoms with Crippen LogP contribution in [0.15, 0.2) is 33.2 Å². The van der Waals surface area contributed by atoms with Gasteiger partial charge in [-0.1, -0.05) is 23.2 Å². The number of hydrogen-bond donors (Lipinski definition) is 0. The number of benzene rings is 1. The van der Waals surface area contributed by atoms with Gasteiger partial charge in [-0.3, -0.25) is 9.59 Å². The summed E-state index contributed by atoms with van der Waals surface area (Å²) in [5, 5.41) is -0.752. The number of morpholine rings is 1. The van der Waals surface area contributed by atoms with Gasteiger partial charge in [0.2, 0.25) is 21.6 Å². The minimum atomic E-state index is -3.77. The molecule has 6 nitrogen and oxygen atoms in total. The average Bonchev–Trinajstić information content (AvgIpc) is 2.58. The molecular weight excluding hydrogens is 365 g/mol. The molecule has 1 aliphatic carbocycles. The Kier molecular flexibility index (Phi) is 4.33. The molecule has 23 heavy (non-hydrogen) atoms. The number of ether oxygens (including phenoxy) is 1. The molecule has 0 saturated carbocycles. The van der Waals surface area contributed by atoms with Crippen LogP contribution >= 0.6 is 23.2 Å². The summed E-state index contributed by atoms with van der Waals surface area (Å²) < 4.78 is 31.6. The van der Waals surface area contributed by atoms with Gasteiger partial charge >= 0.3 is 0 Å². The Morgan fingerprint density at radius 2 is 1.52 bits per heavy atom. The van der Waals surface area contributed by atoms with Crippen molar-refractivity contribution in [2.24, 2.45) is 0 Å². The number of hydrogen-bond acceptors (Lipinski definition) is 5. The fraction of sp³-hybridized carbons (Fsp3) is 0.286. The van der Waals surface area contributed by atoms with Crippen LogP contribution < -0.4 is 0 Å². The molecule has 0 atom stereocenters. The summed E-state index contributed by atoms with van der Waals surface area (Å²) in [5.74, 6) is -1.26. The van der Waals surface area contributed by atoms with E-state index in [0.717, 1.165) is 0 Å². The number of halogens is 2. The number of nitrogens with zero attached hydrogens (tertiary/aromatic N) is 1. The third kappa shape index (κ3) is 2.72. The van der Waals surface area contributed by atoms with Crippen LogP contribution in [0.25, 0.3) is 0 Å². The molecule has 9 heteroatoms. The smallest absolute Gasteiger partial charge is 0.243 e. The van der Waals surface area contributed by atoms with E-state index in [2.05, 4.69) is 0 Å². The second-order valence-corrected chi connectivity index (χ2v) is 7.70. The van der Waals surface area contributed by atoms with Crippen molar-refractivity contribution in [2.75, 3.05) is 26.3 Å². The van der Waals surface area contributed by atoms with Gasteiger partial charge in [0.25, 0.3) is 0 Å². The van der Waals surface area contributed by atoms with Crippen molar-refractivity contribution < 1.29 is 22.7 Å². The number of Topliss-reactive ketones (excluding diaryl/α,β-unsaturated/α-hetero) is 2. The van der Waals surface area contributed by atoms with E-state index in [-0.39, 0.29) is 34.1 Å². The van der Waals surface area contributed by atoms with Crippen molar-refractivity contribution >= 4 is 44.8 Å². The zero-order valence-electron chi connectivity index (χ0n) is 11.7. The topological polar surface area (TPSA) is 80.8 Å². The summed E-state index contributed by atoms with van der Waals surface area (Å²) >= 11 is 11.5. The lowest BCUT2D eigenvalue weighted by Gasteiger charge is -2.26. The van der Waals surface area contributed by atoms with Gasteiger partial charge < -0.3 is 4.74 Å². The highest BCUT2D eigenvalue weighted by atomic mass is 35.5. The fourth-order valence-electron chi connectivity index (χ4n) is 2.44. The van der Waals surface area contributed by atoms with E-state index in [0.29, 0.717) is 13.2 Å². The molecule has 122 valence electrons. The number of allylic oxidation sites excluding steroid dienone is 2. The molecule has 1 heterocycles. The molecule has 1 aromatic rings. The third-order valence-electron chi connectivity index (χ3n) is 3.68. The summed E-state index contributed by atoms with van der Waals surface area (Å²) in [6.07, 6.45) is 0. The second-order valence-electron chi connectivity index (χ2n) is 5.01. The van der Waals surface area contributed by atoms with Crippen LogP contribution in [-0.4, -0.2) is 50.6 Å². The Hall–Kier alpha value is -1.25. The lowest BCUT2D eigenvalue weighted by molar-refractivity contribution is 0.0730. The van der Waals surface area contributed by atoms with Crippen LogP contribution in [0.4, 0.5) is 0 Å². The van der Waals surface area contributed by atoms with Crippen molar-refractivity contribution in [1.82, 2.24) is 4.31 Å². The lowest BCUT2D eigenvalue weighted by atomic mass is 9.94. The predicted molar refractivity (Wildman–Crippen MR) is 83.4 cm³/mol. The first-order chi connectivity index (χ1) is 10.8. The highest BCUT2D eigenvalue weighted by molar-refractivity contribution is 7.89. The fourth-order valence-corrected chi connectivity index (χ4v) is 4.25. The minimum absolute atomic E-state index is 0.0466. The molecule has 3 rings (SSSR count). The molecule has 2 aliphatic rings. The zero-order chi connectivity index (χ0) is 16.8. The van der Waals surface area contributed by atoms with Crippen molar-refractivity contribution in [1.29, 1.82) is 0 Å². The Morgan fingerprint density at radius 1 is 0.957 bits per heavy atom. The molecule has 0 radical (unpaired) electrons. The summed E-state index contributed by atoms with van der Waals surface area (Å²) in [4.78, 5) is 24.1. The van der Waals surface area contributed by atoms with Gasteiger partial charge in [0.1, 0.15) is 10.1 Å². The minimum Gasteiger partial charge on any atom is -0.379 e. The maximum absolute atomic E-state index is 12.6. The Labute approximate surface area is 142 Å². The van der Waals surface area contributed by atoms with E-state index >= 15 is 0 Å². The van der Waals surface area contributed by atoms with Gasteiger partial charge in [-0.05, 0) is 18.2 Å². The monoisotopic (exact) mass is 375 g/mol. The molecule has 1 aliphatic heterocycles. The van der Waals surface area contributed by atoms with Gasteiger partial charge in [0.05, 0.1) is 18.1 Å². The van der Waals surface area contributed by atoms with Crippen LogP contribution in [0.5, 0.6) is 0 Å². The maximum atomic E-state index is 12.6. The van der Waals surface area contributed by atoms with Crippen LogP contribution in [0.2, 0.25) is 0 Å². The summed E-state index contributed by atoms with van der Waals surface area (Å²) in [6, 6.07) is 3.75. The van der Waals surface area contributed by atoms with Crippen molar-refractivity contribution in [3.63, 3.8) is 0 Å². The zero-order valence-corrected chi connectivity index (χ0v) is 14.0. The highest BCUT2D eigenvalue weighted by Crippen LogP contribution is 2.32. The molecule has 0 unspecified atom stereocenters. The largest absolute Gasteiger partial charge is 0.379 e. The van der Waals surface area contributed by atoms with Gasteiger partial charge in [-0.25, -0.2) is 8.42 Å². The lowest BCUT2D eigenvalue weighted by Crippen LogP contribution is -2.40. The van der Waals surface area contributed by atoms with Gasteiger partial charge in [0, 0.05) is 24.2 Å². The van der Waals surface area contributed by atoms with Crippen LogP contribution in [0, 0.1) is 0 Å². The van der Waals surface area contributed by atoms with E-state index in [1.54, 1.807) is 0 Å². The van der Waals surface area contributed by atoms with Crippen LogP contribution in [0.3, 0.4) is 0 Å². The molecular formula is C14H11Cl2NO5S. The molecule has 0 spiro atoms. The Morgan fingerprint density at radius 3 is 2.13 bits per heavy atom. The van der Waals surface area contributed by atoms with E-state index in [1.807, 2.05) is 0 Å². The second kappa shape index (κ2) is 5.99. The van der Waals surface area contributed by atoms with Crippen molar-refractivity contribution in [3.8, 4) is 0 Å². The SMILES string of the molecule is O=C1C(Cl)=C(Cl)C(=O)c2cc(S(=O)(=O)N3CCOCC3)ccc21. The van der Waals surface area contributed by atoms with Crippen molar-refractivity contribution in [3.05, 3.63) is 39.4 Å². The molecule has 0 amide bonds. The Bertz CT molecular complexity index is 841. The molecule has 0 N–H and O–H groups in total. The molecule has 1 aromatic carbocycles. The molecule has 1 saturated heterocycles. The number of carbonyl (C=O) groups is 2. The summed E-state index contributed by atoms with van der Waals surface area (Å²) in [5.41, 5.74) is -0.0101. The highest BCUT2D eigenvalue weighted by Gasteiger charge is 2.33. The first-order valence-electron chi connectivity index (χ1n) is 6.70. The molecule has 0 aromatic heterocycles. The molecule has 1 fully saturated rings. The summed E-state index contributed by atoms with van der Waals surface area (Å²) in [6.45, 7) is 1.09. The van der Waals surface area contributed by atoms with E-state index < -0.39 is 26.6 Å². The maximum Gasteiger partial charge on any atom is 0.243 e. The van der Waals surface area contributed by atoms with E-state index in [1.165, 1.54) is 22.5 Å². The van der Waals surface area contributed by atoms with E-state index in [9.17, 15) is 18.0 Å². The number of sulfonamides is 1. The standard InChI is InChI=1S/C14H11Cl2NO5S/c15-11-12(16)14(19)10-7-8(1-2-9(10)13(11)18)23(20,21)17-3-5-22-6-4-17/h1-2,7H,3-6H2. The quantitative estimate of drug-likeness (QED) is 0.786. The Balaban J connectivity index is 2.06. The molecule has 0 bridgehead atoms. The number of ketones is 2. The van der Waals surface area contributed by atoms with Crippen LogP contribution in [-0.2, 0) is 14.8 Å². The van der Waals surface area contributed by atoms with Gasteiger partial charge in [-0.15, -0.1) is 0 Å². The summed E-state index contributed by atoms with van der Waals surface area (Å²) in [7, 11) is -3.77. The normalized spacial score (nSPS) is 19.9.